The zero-order chi connectivity index (χ0) is 14.5. The molecule has 0 aliphatic carbocycles. The highest BCUT2D eigenvalue weighted by molar-refractivity contribution is 6.05. The van der Waals surface area contributed by atoms with Crippen LogP contribution in [0.4, 0.5) is 10.1 Å². The summed E-state index contributed by atoms with van der Waals surface area (Å²) < 4.78 is 14.9. The summed E-state index contributed by atoms with van der Waals surface area (Å²) in [6.07, 6.45) is 3.77. The second-order valence-corrected chi connectivity index (χ2v) is 4.48. The van der Waals surface area contributed by atoms with Gasteiger partial charge in [0, 0.05) is 25.5 Å². The molecule has 0 bridgehead atoms. The Morgan fingerprint density at radius 2 is 2.30 bits per heavy atom. The van der Waals surface area contributed by atoms with Gasteiger partial charge < -0.3 is 10.6 Å². The average Bonchev–Trinajstić information content (AvgIpc) is 2.86. The lowest BCUT2D eigenvalue weighted by Gasteiger charge is -2.22. The molecule has 0 spiro atoms. The standard InChI is InChI=1S/C14H17FN4O/c1-18-10-11(9-17-18)14(20)19(7-3-6-16)13-5-2-4-12(15)8-13/h2,4-5,8-10H,3,6-7,16H2,1H3. The monoisotopic (exact) mass is 276 g/mol. The van der Waals surface area contributed by atoms with E-state index in [0.717, 1.165) is 0 Å². The van der Waals surface area contributed by atoms with Gasteiger partial charge >= 0.3 is 0 Å². The van der Waals surface area contributed by atoms with Crippen LogP contribution in [0.2, 0.25) is 0 Å². The van der Waals surface area contributed by atoms with Crippen LogP contribution in [0.5, 0.6) is 0 Å². The summed E-state index contributed by atoms with van der Waals surface area (Å²) in [5.74, 6) is -0.587. The molecule has 2 rings (SSSR count). The van der Waals surface area contributed by atoms with E-state index in [1.54, 1.807) is 30.1 Å². The largest absolute Gasteiger partial charge is 0.330 e. The molecular weight excluding hydrogens is 259 g/mol. The van der Waals surface area contributed by atoms with Gasteiger partial charge in [-0.3, -0.25) is 9.48 Å². The molecule has 1 aromatic carbocycles. The molecule has 0 radical (unpaired) electrons. The van der Waals surface area contributed by atoms with Crippen molar-refractivity contribution in [3.05, 3.63) is 48.0 Å². The summed E-state index contributed by atoms with van der Waals surface area (Å²) in [6.45, 7) is 0.903. The lowest BCUT2D eigenvalue weighted by Crippen LogP contribution is -2.32. The second kappa shape index (κ2) is 6.29. The maximum Gasteiger partial charge on any atom is 0.261 e. The average molecular weight is 276 g/mol. The molecular formula is C14H17FN4O. The fraction of sp³-hybridized carbons (Fsp3) is 0.286. The molecule has 5 nitrogen and oxygen atoms in total. The summed E-state index contributed by atoms with van der Waals surface area (Å²) in [5.41, 5.74) is 6.49. The Morgan fingerprint density at radius 3 is 2.90 bits per heavy atom. The summed E-state index contributed by atoms with van der Waals surface area (Å²) >= 11 is 0. The third kappa shape index (κ3) is 3.21. The van der Waals surface area contributed by atoms with Crippen molar-refractivity contribution < 1.29 is 9.18 Å². The highest BCUT2D eigenvalue weighted by Crippen LogP contribution is 2.18. The van der Waals surface area contributed by atoms with Gasteiger partial charge in [-0.25, -0.2) is 4.39 Å². The molecule has 0 saturated heterocycles. The topological polar surface area (TPSA) is 64.2 Å². The van der Waals surface area contributed by atoms with Crippen molar-refractivity contribution in [3.63, 3.8) is 0 Å². The first kappa shape index (κ1) is 14.2. The van der Waals surface area contributed by atoms with E-state index in [0.29, 0.717) is 30.8 Å². The molecule has 1 aromatic heterocycles. The summed E-state index contributed by atoms with van der Waals surface area (Å²) in [5, 5.41) is 3.98. The molecule has 0 saturated carbocycles. The molecule has 0 atom stereocenters. The maximum atomic E-state index is 13.3. The minimum Gasteiger partial charge on any atom is -0.330 e. The van der Waals surface area contributed by atoms with Crippen LogP contribution in [0.1, 0.15) is 16.8 Å². The van der Waals surface area contributed by atoms with E-state index in [2.05, 4.69) is 5.10 Å². The van der Waals surface area contributed by atoms with E-state index in [1.165, 1.54) is 23.2 Å². The van der Waals surface area contributed by atoms with Crippen LogP contribution >= 0.6 is 0 Å². The highest BCUT2D eigenvalue weighted by Gasteiger charge is 2.19. The Hall–Kier alpha value is -2.21. The fourth-order valence-electron chi connectivity index (χ4n) is 1.93. The number of benzene rings is 1. The lowest BCUT2D eigenvalue weighted by molar-refractivity contribution is 0.0986. The Morgan fingerprint density at radius 1 is 1.50 bits per heavy atom. The lowest BCUT2D eigenvalue weighted by atomic mass is 10.2. The van der Waals surface area contributed by atoms with Crippen molar-refractivity contribution in [3.8, 4) is 0 Å². The molecule has 20 heavy (non-hydrogen) atoms. The number of nitrogens with zero attached hydrogens (tertiary/aromatic N) is 3. The number of carbonyl (C=O) groups excluding carboxylic acids is 1. The second-order valence-electron chi connectivity index (χ2n) is 4.48. The van der Waals surface area contributed by atoms with Gasteiger partial charge in [0.25, 0.3) is 5.91 Å². The van der Waals surface area contributed by atoms with Crippen LogP contribution in [0, 0.1) is 5.82 Å². The Labute approximate surface area is 116 Å². The molecule has 0 aliphatic rings. The summed E-state index contributed by atoms with van der Waals surface area (Å²) in [6, 6.07) is 5.97. The fourth-order valence-corrected chi connectivity index (χ4v) is 1.93. The van der Waals surface area contributed by atoms with Crippen molar-refractivity contribution in [1.29, 1.82) is 0 Å². The van der Waals surface area contributed by atoms with Crippen molar-refractivity contribution >= 4 is 11.6 Å². The molecule has 2 N–H and O–H groups in total. The van der Waals surface area contributed by atoms with Crippen LogP contribution in [-0.2, 0) is 7.05 Å². The number of aryl methyl sites for hydroxylation is 1. The molecule has 1 amide bonds. The Bertz CT molecular complexity index is 596. The number of hydrogen-bond acceptors (Lipinski definition) is 3. The smallest absolute Gasteiger partial charge is 0.261 e. The SMILES string of the molecule is Cn1cc(C(=O)N(CCCN)c2cccc(F)c2)cn1. The number of carbonyl (C=O) groups is 1. The summed E-state index contributed by atoms with van der Waals surface area (Å²) in [4.78, 5) is 14.0. The van der Waals surface area contributed by atoms with Gasteiger partial charge in [0.1, 0.15) is 5.82 Å². The zero-order valence-electron chi connectivity index (χ0n) is 11.3. The molecule has 0 aliphatic heterocycles. The van der Waals surface area contributed by atoms with Gasteiger partial charge in [-0.1, -0.05) is 6.07 Å². The Kier molecular flexibility index (Phi) is 4.47. The number of hydrogen-bond donors (Lipinski definition) is 1. The van der Waals surface area contributed by atoms with E-state index in [9.17, 15) is 9.18 Å². The van der Waals surface area contributed by atoms with Crippen molar-refractivity contribution in [2.75, 3.05) is 18.0 Å². The highest BCUT2D eigenvalue weighted by atomic mass is 19.1. The molecule has 0 unspecified atom stereocenters. The van der Waals surface area contributed by atoms with Gasteiger partial charge in [-0.15, -0.1) is 0 Å². The number of rotatable bonds is 5. The van der Waals surface area contributed by atoms with Crippen LogP contribution < -0.4 is 10.6 Å². The number of amides is 1. The van der Waals surface area contributed by atoms with Crippen molar-refractivity contribution in [1.82, 2.24) is 9.78 Å². The van der Waals surface area contributed by atoms with Crippen LogP contribution in [0.3, 0.4) is 0 Å². The quantitative estimate of drug-likeness (QED) is 0.901. The van der Waals surface area contributed by atoms with Gasteiger partial charge in [-0.05, 0) is 31.2 Å². The van der Waals surface area contributed by atoms with E-state index in [-0.39, 0.29) is 11.7 Å². The first-order chi connectivity index (χ1) is 9.61. The third-order valence-corrected chi connectivity index (χ3v) is 2.90. The number of nitrogens with two attached hydrogens (primary N) is 1. The minimum atomic E-state index is -0.376. The molecule has 2 aromatic rings. The van der Waals surface area contributed by atoms with E-state index < -0.39 is 0 Å². The van der Waals surface area contributed by atoms with Gasteiger partial charge in [0.05, 0.1) is 11.8 Å². The maximum absolute atomic E-state index is 13.3. The predicted octanol–water partition coefficient (Wildman–Crippen LogP) is 1.55. The minimum absolute atomic E-state index is 0.211. The molecule has 0 fully saturated rings. The molecule has 106 valence electrons. The molecule has 6 heteroatoms. The summed E-state index contributed by atoms with van der Waals surface area (Å²) in [7, 11) is 1.74. The van der Waals surface area contributed by atoms with E-state index in [4.69, 9.17) is 5.73 Å². The van der Waals surface area contributed by atoms with E-state index in [1.807, 2.05) is 0 Å². The van der Waals surface area contributed by atoms with Gasteiger partial charge in [0.15, 0.2) is 0 Å². The van der Waals surface area contributed by atoms with Gasteiger partial charge in [-0.2, -0.15) is 5.10 Å². The first-order valence-corrected chi connectivity index (χ1v) is 6.38. The first-order valence-electron chi connectivity index (χ1n) is 6.38. The zero-order valence-corrected chi connectivity index (χ0v) is 11.3. The Balaban J connectivity index is 2.29. The normalized spacial score (nSPS) is 10.6. The van der Waals surface area contributed by atoms with Crippen molar-refractivity contribution in [2.24, 2.45) is 12.8 Å². The number of aromatic nitrogens is 2. The van der Waals surface area contributed by atoms with E-state index >= 15 is 0 Å². The molecule has 1 heterocycles. The third-order valence-electron chi connectivity index (χ3n) is 2.90. The van der Waals surface area contributed by atoms with Crippen LogP contribution in [0.25, 0.3) is 0 Å². The van der Waals surface area contributed by atoms with Crippen molar-refractivity contribution in [2.45, 2.75) is 6.42 Å². The predicted molar refractivity (Wildman–Crippen MR) is 75.0 cm³/mol. The number of halogens is 1. The number of anilines is 1. The van der Waals surface area contributed by atoms with Crippen LogP contribution in [-0.4, -0.2) is 28.8 Å². The van der Waals surface area contributed by atoms with Crippen LogP contribution in [0.15, 0.2) is 36.7 Å². The van der Waals surface area contributed by atoms with Gasteiger partial charge in [0.2, 0.25) is 0 Å².